The predicted molar refractivity (Wildman–Crippen MR) is 67.8 cm³/mol. The second-order valence-electron chi connectivity index (χ2n) is 3.80. The van der Waals surface area contributed by atoms with E-state index in [4.69, 9.17) is 10.9 Å². The molecule has 0 amide bonds. The van der Waals surface area contributed by atoms with E-state index in [9.17, 15) is 17.2 Å². The van der Waals surface area contributed by atoms with Crippen LogP contribution in [0.3, 0.4) is 0 Å². The summed E-state index contributed by atoms with van der Waals surface area (Å²) in [5.74, 6) is -0.657. The average molecular weight is 308 g/mol. The van der Waals surface area contributed by atoms with Gasteiger partial charge in [0.15, 0.2) is 15.7 Å². The zero-order valence-corrected chi connectivity index (χ0v) is 11.2. The van der Waals surface area contributed by atoms with Gasteiger partial charge in [0, 0.05) is 5.56 Å². The number of nitrogens with zero attached hydrogens (tertiary/aromatic N) is 1. The van der Waals surface area contributed by atoms with E-state index in [1.807, 2.05) is 0 Å². The summed E-state index contributed by atoms with van der Waals surface area (Å²) in [6, 6.07) is 5.47. The summed E-state index contributed by atoms with van der Waals surface area (Å²) in [6.07, 6.45) is -2.64. The number of hydrogen-bond donors (Lipinski definition) is 2. The summed E-state index contributed by atoms with van der Waals surface area (Å²) >= 11 is 0. The van der Waals surface area contributed by atoms with Crippen LogP contribution in [0.15, 0.2) is 34.3 Å². The van der Waals surface area contributed by atoms with Crippen LogP contribution in [0.1, 0.15) is 5.56 Å². The molecule has 0 fully saturated rings. The summed E-state index contributed by atoms with van der Waals surface area (Å²) in [5.41, 5.74) is 5.60. The number of halogens is 2. The third kappa shape index (κ3) is 4.74. The number of alkyl halides is 2. The molecule has 0 atom stereocenters. The molecule has 0 aliphatic heterocycles. The zero-order valence-electron chi connectivity index (χ0n) is 10.4. The van der Waals surface area contributed by atoms with Crippen LogP contribution in [-0.2, 0) is 14.6 Å². The van der Waals surface area contributed by atoms with E-state index < -0.39 is 28.6 Å². The van der Waals surface area contributed by atoms with Crippen LogP contribution in [0.5, 0.6) is 0 Å². The number of amidine groups is 1. The molecule has 9 heteroatoms. The van der Waals surface area contributed by atoms with Gasteiger partial charge < -0.3 is 15.7 Å². The van der Waals surface area contributed by atoms with E-state index in [1.54, 1.807) is 0 Å². The lowest BCUT2D eigenvalue weighted by Gasteiger charge is -2.07. The Hall–Kier alpha value is -1.74. The molecule has 1 rings (SSSR count). The van der Waals surface area contributed by atoms with Crippen molar-refractivity contribution in [3.05, 3.63) is 29.8 Å². The van der Waals surface area contributed by atoms with Gasteiger partial charge in [-0.1, -0.05) is 17.3 Å². The summed E-state index contributed by atoms with van der Waals surface area (Å²) in [6.45, 7) is -1.14. The smallest absolute Gasteiger partial charge is 0.261 e. The summed E-state index contributed by atoms with van der Waals surface area (Å²) < 4.78 is 52.1. The first kappa shape index (κ1) is 16.3. The topological polar surface area (TPSA) is 102 Å². The lowest BCUT2D eigenvalue weighted by atomic mass is 10.2. The molecule has 0 saturated heterocycles. The van der Waals surface area contributed by atoms with Crippen molar-refractivity contribution in [1.29, 1.82) is 0 Å². The number of rotatable bonds is 7. The Morgan fingerprint density at radius 1 is 1.45 bits per heavy atom. The van der Waals surface area contributed by atoms with Crippen LogP contribution in [0.25, 0.3) is 0 Å². The van der Waals surface area contributed by atoms with Crippen molar-refractivity contribution in [3.8, 4) is 0 Å². The van der Waals surface area contributed by atoms with Gasteiger partial charge >= 0.3 is 0 Å². The molecule has 0 aromatic heterocycles. The Morgan fingerprint density at radius 2 is 2.15 bits per heavy atom. The van der Waals surface area contributed by atoms with Gasteiger partial charge in [-0.2, -0.15) is 0 Å². The first-order valence-corrected chi connectivity index (χ1v) is 7.18. The molecule has 20 heavy (non-hydrogen) atoms. The van der Waals surface area contributed by atoms with Crippen LogP contribution < -0.4 is 5.73 Å². The molecule has 0 aliphatic rings. The lowest BCUT2D eigenvalue weighted by molar-refractivity contribution is 0.0234. The van der Waals surface area contributed by atoms with Crippen molar-refractivity contribution >= 4 is 15.7 Å². The van der Waals surface area contributed by atoms with Crippen molar-refractivity contribution in [2.24, 2.45) is 10.9 Å². The van der Waals surface area contributed by atoms with E-state index in [0.29, 0.717) is 0 Å². The molecule has 0 heterocycles. The van der Waals surface area contributed by atoms with Gasteiger partial charge in [0.2, 0.25) is 0 Å². The van der Waals surface area contributed by atoms with Gasteiger partial charge in [-0.3, -0.25) is 0 Å². The highest BCUT2D eigenvalue weighted by Gasteiger charge is 2.16. The molecule has 112 valence electrons. The Kier molecular flexibility index (Phi) is 5.83. The number of sulfone groups is 1. The zero-order chi connectivity index (χ0) is 15.2. The van der Waals surface area contributed by atoms with Gasteiger partial charge in [0.05, 0.1) is 17.3 Å². The molecule has 0 saturated carbocycles. The van der Waals surface area contributed by atoms with Crippen molar-refractivity contribution in [2.45, 2.75) is 11.3 Å². The Morgan fingerprint density at radius 3 is 2.75 bits per heavy atom. The minimum Gasteiger partial charge on any atom is -0.409 e. The SMILES string of the molecule is N/C(=N/O)c1cccc(S(=O)(=O)CCOCC(F)F)c1. The number of benzene rings is 1. The Labute approximate surface area is 114 Å². The molecular weight excluding hydrogens is 294 g/mol. The third-order valence-corrected chi connectivity index (χ3v) is 4.01. The van der Waals surface area contributed by atoms with Gasteiger partial charge in [-0.15, -0.1) is 0 Å². The monoisotopic (exact) mass is 308 g/mol. The van der Waals surface area contributed by atoms with Crippen LogP contribution in [-0.4, -0.2) is 44.9 Å². The van der Waals surface area contributed by atoms with E-state index in [2.05, 4.69) is 9.89 Å². The van der Waals surface area contributed by atoms with Crippen LogP contribution in [0.2, 0.25) is 0 Å². The maximum absolute atomic E-state index is 11.9. The van der Waals surface area contributed by atoms with Crippen LogP contribution >= 0.6 is 0 Å². The standard InChI is InChI=1S/C11H14F2N2O4S/c12-10(13)7-19-4-5-20(17,18)9-3-1-2-8(6-9)11(14)15-16/h1-3,6,10,16H,4-5,7H2,(H2,14,15). The third-order valence-electron chi connectivity index (χ3n) is 2.34. The molecule has 6 nitrogen and oxygen atoms in total. The number of hydrogen-bond acceptors (Lipinski definition) is 5. The first-order valence-electron chi connectivity index (χ1n) is 5.53. The molecule has 0 bridgehead atoms. The predicted octanol–water partition coefficient (Wildman–Crippen LogP) is 0.836. The minimum atomic E-state index is -3.68. The van der Waals surface area contributed by atoms with Crippen LogP contribution in [0, 0.1) is 0 Å². The second-order valence-corrected chi connectivity index (χ2v) is 5.91. The maximum Gasteiger partial charge on any atom is 0.261 e. The van der Waals surface area contributed by atoms with E-state index in [-0.39, 0.29) is 22.9 Å². The number of nitrogens with two attached hydrogens (primary N) is 1. The fourth-order valence-electron chi connectivity index (χ4n) is 1.37. The number of ether oxygens (including phenoxy) is 1. The molecule has 0 spiro atoms. The van der Waals surface area contributed by atoms with Gasteiger partial charge in [-0.05, 0) is 12.1 Å². The van der Waals surface area contributed by atoms with Crippen molar-refractivity contribution in [1.82, 2.24) is 0 Å². The summed E-state index contributed by atoms with van der Waals surface area (Å²) in [4.78, 5) is -0.0535. The van der Waals surface area contributed by atoms with E-state index in [0.717, 1.165) is 0 Å². The van der Waals surface area contributed by atoms with Crippen LogP contribution in [0.4, 0.5) is 8.78 Å². The molecule has 0 unspecified atom stereocenters. The van der Waals surface area contributed by atoms with Gasteiger partial charge in [-0.25, -0.2) is 17.2 Å². The largest absolute Gasteiger partial charge is 0.409 e. The Balaban J connectivity index is 2.77. The molecular formula is C11H14F2N2O4S. The van der Waals surface area contributed by atoms with Crippen molar-refractivity contribution in [3.63, 3.8) is 0 Å². The summed E-state index contributed by atoms with van der Waals surface area (Å²) in [7, 11) is -3.68. The summed E-state index contributed by atoms with van der Waals surface area (Å²) in [5, 5.41) is 11.3. The number of oxime groups is 1. The highest BCUT2D eigenvalue weighted by molar-refractivity contribution is 7.91. The van der Waals surface area contributed by atoms with Crippen molar-refractivity contribution in [2.75, 3.05) is 19.0 Å². The minimum absolute atomic E-state index is 0.0535. The lowest BCUT2D eigenvalue weighted by Crippen LogP contribution is -2.17. The Bertz CT molecular complexity index is 576. The van der Waals surface area contributed by atoms with Crippen molar-refractivity contribution < 1.29 is 27.1 Å². The molecule has 1 aromatic carbocycles. The fraction of sp³-hybridized carbons (Fsp3) is 0.364. The van der Waals surface area contributed by atoms with Gasteiger partial charge in [0.25, 0.3) is 6.43 Å². The second kappa shape index (κ2) is 7.15. The van der Waals surface area contributed by atoms with Gasteiger partial charge in [0.1, 0.15) is 6.61 Å². The molecule has 0 radical (unpaired) electrons. The van der Waals surface area contributed by atoms with E-state index >= 15 is 0 Å². The average Bonchev–Trinajstić information content (AvgIpc) is 2.42. The van der Waals surface area contributed by atoms with E-state index in [1.165, 1.54) is 24.3 Å². The normalized spacial score (nSPS) is 12.8. The quantitative estimate of drug-likeness (QED) is 0.255. The highest BCUT2D eigenvalue weighted by Crippen LogP contribution is 2.13. The maximum atomic E-state index is 11.9. The molecule has 0 aliphatic carbocycles. The fourth-order valence-corrected chi connectivity index (χ4v) is 2.53. The highest BCUT2D eigenvalue weighted by atomic mass is 32.2. The first-order chi connectivity index (χ1) is 9.36. The molecule has 1 aromatic rings. The molecule has 3 N–H and O–H groups in total.